The second kappa shape index (κ2) is 4.67. The van der Waals surface area contributed by atoms with Crippen molar-refractivity contribution >= 4 is 16.5 Å². The number of nitrogens with one attached hydrogen (secondary N) is 1. The van der Waals surface area contributed by atoms with Crippen LogP contribution in [0.5, 0.6) is 0 Å². The third kappa shape index (κ3) is 2.52. The Morgan fingerprint density at radius 2 is 2.00 bits per heavy atom. The lowest BCUT2D eigenvalue weighted by molar-refractivity contribution is 0.575. The molecule has 0 spiro atoms. The highest BCUT2D eigenvalue weighted by molar-refractivity contribution is 7.15. The van der Waals surface area contributed by atoms with Gasteiger partial charge >= 0.3 is 0 Å². The molecule has 1 N–H and O–H groups in total. The maximum Gasteiger partial charge on any atom is 0.208 e. The molecule has 0 unspecified atom stereocenters. The fraction of sp³-hybridized carbons (Fsp3) is 0.818. The van der Waals surface area contributed by atoms with Gasteiger partial charge in [-0.2, -0.15) is 0 Å². The Morgan fingerprint density at radius 3 is 2.75 bits per heavy atom. The first-order valence-corrected chi connectivity index (χ1v) is 7.04. The Hall–Kier alpha value is -0.680. The zero-order chi connectivity index (χ0) is 10.8. The Bertz CT molecular complexity index is 342. The summed E-state index contributed by atoms with van der Waals surface area (Å²) in [6, 6.07) is 0.752. The number of hydrogen-bond acceptors (Lipinski definition) is 5. The summed E-state index contributed by atoms with van der Waals surface area (Å²) in [4.78, 5) is 2.38. The maximum absolute atomic E-state index is 4.29. The van der Waals surface area contributed by atoms with Gasteiger partial charge in [0.25, 0.3) is 0 Å². The molecular weight excluding hydrogens is 220 g/mol. The van der Waals surface area contributed by atoms with Crippen LogP contribution in [0.4, 0.5) is 5.13 Å². The van der Waals surface area contributed by atoms with Crippen molar-refractivity contribution in [3.8, 4) is 0 Å². The average Bonchev–Trinajstić information content (AvgIpc) is 3.05. The van der Waals surface area contributed by atoms with E-state index in [-0.39, 0.29) is 0 Å². The van der Waals surface area contributed by atoms with Crippen molar-refractivity contribution < 1.29 is 0 Å². The SMILES string of the molecule is C1CCN(c2nnc(CNC3CC3)s2)CC1. The minimum atomic E-state index is 0.752. The number of anilines is 1. The number of aromatic nitrogens is 2. The van der Waals surface area contributed by atoms with Gasteiger partial charge in [0.2, 0.25) is 5.13 Å². The number of hydrogen-bond donors (Lipinski definition) is 1. The van der Waals surface area contributed by atoms with Gasteiger partial charge in [-0.1, -0.05) is 11.3 Å². The standard InChI is InChI=1S/C11H18N4S/c1-2-6-15(7-3-1)11-14-13-10(16-11)8-12-9-4-5-9/h9,12H,1-8H2. The van der Waals surface area contributed by atoms with E-state index in [1.807, 2.05) is 0 Å². The van der Waals surface area contributed by atoms with Crippen molar-refractivity contribution in [3.05, 3.63) is 5.01 Å². The molecule has 0 bridgehead atoms. The third-order valence-electron chi connectivity index (χ3n) is 3.20. The zero-order valence-electron chi connectivity index (χ0n) is 9.48. The van der Waals surface area contributed by atoms with E-state index in [2.05, 4.69) is 20.4 Å². The second-order valence-electron chi connectivity index (χ2n) is 4.68. The topological polar surface area (TPSA) is 41.1 Å². The van der Waals surface area contributed by atoms with Gasteiger partial charge in [-0.3, -0.25) is 0 Å². The molecule has 3 rings (SSSR count). The van der Waals surface area contributed by atoms with E-state index in [9.17, 15) is 0 Å². The summed E-state index contributed by atoms with van der Waals surface area (Å²) in [5.74, 6) is 0. The molecule has 1 aromatic heterocycles. The van der Waals surface area contributed by atoms with Crippen LogP contribution >= 0.6 is 11.3 Å². The quantitative estimate of drug-likeness (QED) is 0.868. The average molecular weight is 238 g/mol. The highest BCUT2D eigenvalue weighted by Gasteiger charge is 2.21. The van der Waals surface area contributed by atoms with Gasteiger partial charge in [0.05, 0.1) is 6.54 Å². The molecule has 16 heavy (non-hydrogen) atoms. The van der Waals surface area contributed by atoms with E-state index < -0.39 is 0 Å². The van der Waals surface area contributed by atoms with Crippen molar-refractivity contribution in [2.24, 2.45) is 0 Å². The van der Waals surface area contributed by atoms with Crippen LogP contribution in [0.2, 0.25) is 0 Å². The van der Waals surface area contributed by atoms with E-state index in [0.717, 1.165) is 35.8 Å². The molecule has 1 saturated heterocycles. The van der Waals surface area contributed by atoms with Crippen molar-refractivity contribution in [1.29, 1.82) is 0 Å². The molecule has 0 radical (unpaired) electrons. The van der Waals surface area contributed by atoms with Gasteiger partial charge in [-0.15, -0.1) is 10.2 Å². The number of nitrogens with zero attached hydrogens (tertiary/aromatic N) is 3. The van der Waals surface area contributed by atoms with E-state index in [1.165, 1.54) is 32.1 Å². The Balaban J connectivity index is 1.57. The van der Waals surface area contributed by atoms with Crippen LogP contribution in [0.15, 0.2) is 0 Å². The van der Waals surface area contributed by atoms with Gasteiger partial charge in [-0.25, -0.2) is 0 Å². The molecule has 5 heteroatoms. The zero-order valence-corrected chi connectivity index (χ0v) is 10.3. The largest absolute Gasteiger partial charge is 0.347 e. The molecule has 1 aliphatic carbocycles. The summed E-state index contributed by atoms with van der Waals surface area (Å²) >= 11 is 1.75. The van der Waals surface area contributed by atoms with Crippen LogP contribution in [0.3, 0.4) is 0 Å². The van der Waals surface area contributed by atoms with Crippen LogP contribution < -0.4 is 10.2 Å². The first-order chi connectivity index (χ1) is 7.92. The molecule has 1 aliphatic heterocycles. The predicted molar refractivity (Wildman–Crippen MR) is 65.8 cm³/mol. The maximum atomic E-state index is 4.29. The van der Waals surface area contributed by atoms with Gasteiger partial charge < -0.3 is 10.2 Å². The fourth-order valence-corrected chi connectivity index (χ4v) is 2.89. The lowest BCUT2D eigenvalue weighted by atomic mass is 10.1. The first-order valence-electron chi connectivity index (χ1n) is 6.22. The molecule has 1 aromatic rings. The molecule has 0 aromatic carbocycles. The summed E-state index contributed by atoms with van der Waals surface area (Å²) in [5, 5.41) is 14.3. The molecule has 88 valence electrons. The van der Waals surface area contributed by atoms with Crippen LogP contribution in [-0.2, 0) is 6.54 Å². The summed E-state index contributed by atoms with van der Waals surface area (Å²) in [6.45, 7) is 3.21. The molecule has 2 fully saturated rings. The molecular formula is C11H18N4S. The number of rotatable bonds is 4. The molecule has 4 nitrogen and oxygen atoms in total. The van der Waals surface area contributed by atoms with Gasteiger partial charge in [-0.05, 0) is 32.1 Å². The fourth-order valence-electron chi connectivity index (χ4n) is 2.05. The highest BCUT2D eigenvalue weighted by Crippen LogP contribution is 2.25. The Labute approximate surface area is 100 Å². The van der Waals surface area contributed by atoms with Gasteiger partial charge in [0.15, 0.2) is 0 Å². The van der Waals surface area contributed by atoms with Gasteiger partial charge in [0, 0.05) is 19.1 Å². The summed E-state index contributed by atoms with van der Waals surface area (Å²) < 4.78 is 0. The molecule has 0 atom stereocenters. The first kappa shape index (κ1) is 10.5. The van der Waals surface area contributed by atoms with Crippen molar-refractivity contribution in [2.45, 2.75) is 44.7 Å². The normalized spacial score (nSPS) is 21.4. The molecule has 2 aliphatic rings. The summed E-state index contributed by atoms with van der Waals surface area (Å²) in [7, 11) is 0. The number of piperidine rings is 1. The Morgan fingerprint density at radius 1 is 1.19 bits per heavy atom. The Kier molecular flexibility index (Phi) is 3.06. The second-order valence-corrected chi connectivity index (χ2v) is 5.72. The van der Waals surface area contributed by atoms with Crippen molar-refractivity contribution in [3.63, 3.8) is 0 Å². The van der Waals surface area contributed by atoms with E-state index >= 15 is 0 Å². The molecule has 1 saturated carbocycles. The van der Waals surface area contributed by atoms with E-state index in [0.29, 0.717) is 0 Å². The van der Waals surface area contributed by atoms with Crippen molar-refractivity contribution in [1.82, 2.24) is 15.5 Å². The monoisotopic (exact) mass is 238 g/mol. The van der Waals surface area contributed by atoms with Crippen LogP contribution in [-0.4, -0.2) is 29.3 Å². The van der Waals surface area contributed by atoms with E-state index in [1.54, 1.807) is 11.3 Å². The third-order valence-corrected chi connectivity index (χ3v) is 4.19. The lowest BCUT2D eigenvalue weighted by Gasteiger charge is -2.25. The minimum absolute atomic E-state index is 0.752. The minimum Gasteiger partial charge on any atom is -0.347 e. The molecule has 0 amide bonds. The lowest BCUT2D eigenvalue weighted by Crippen LogP contribution is -2.29. The van der Waals surface area contributed by atoms with Crippen LogP contribution in [0, 0.1) is 0 Å². The van der Waals surface area contributed by atoms with Crippen LogP contribution in [0.25, 0.3) is 0 Å². The smallest absolute Gasteiger partial charge is 0.208 e. The summed E-state index contributed by atoms with van der Waals surface area (Å²) in [6.07, 6.45) is 6.63. The predicted octanol–water partition coefficient (Wildman–Crippen LogP) is 1.78. The van der Waals surface area contributed by atoms with Crippen LogP contribution in [0.1, 0.15) is 37.1 Å². The molecule has 2 heterocycles. The van der Waals surface area contributed by atoms with E-state index in [4.69, 9.17) is 0 Å². The highest BCUT2D eigenvalue weighted by atomic mass is 32.1. The summed E-state index contributed by atoms with van der Waals surface area (Å²) in [5.41, 5.74) is 0. The van der Waals surface area contributed by atoms with Gasteiger partial charge in [0.1, 0.15) is 5.01 Å². The van der Waals surface area contributed by atoms with Crippen molar-refractivity contribution in [2.75, 3.05) is 18.0 Å².